The van der Waals surface area contributed by atoms with E-state index in [1.807, 2.05) is 11.8 Å². The number of halogens is 1. The lowest BCUT2D eigenvalue weighted by molar-refractivity contribution is 0.572. The Morgan fingerprint density at radius 1 is 1.25 bits per heavy atom. The molecule has 0 aliphatic heterocycles. The number of hydrogen-bond acceptors (Lipinski definition) is 4. The van der Waals surface area contributed by atoms with Gasteiger partial charge in [0.1, 0.15) is 10.7 Å². The van der Waals surface area contributed by atoms with E-state index >= 15 is 0 Å². The molecule has 0 spiro atoms. The summed E-state index contributed by atoms with van der Waals surface area (Å²) in [6.07, 6.45) is 6.04. The van der Waals surface area contributed by atoms with E-state index in [0.29, 0.717) is 6.54 Å². The zero-order chi connectivity index (χ0) is 15.0. The van der Waals surface area contributed by atoms with Crippen LogP contribution in [0.4, 0.5) is 10.1 Å². The highest BCUT2D eigenvalue weighted by Crippen LogP contribution is 2.20. The number of unbranched alkanes of at least 4 members (excludes halogenated alkanes) is 3. The molecule has 0 saturated carbocycles. The molecule has 20 heavy (non-hydrogen) atoms. The second-order valence-electron chi connectivity index (χ2n) is 4.46. The fourth-order valence-corrected chi connectivity index (χ4v) is 3.47. The van der Waals surface area contributed by atoms with Gasteiger partial charge in [-0.2, -0.15) is 11.8 Å². The molecule has 0 amide bonds. The van der Waals surface area contributed by atoms with Gasteiger partial charge in [-0.05, 0) is 37.0 Å². The van der Waals surface area contributed by atoms with Crippen LogP contribution in [0, 0.1) is 5.82 Å². The predicted octanol–water partition coefficient (Wildman–Crippen LogP) is 2.61. The maximum atomic E-state index is 13.3. The van der Waals surface area contributed by atoms with Crippen LogP contribution in [0.5, 0.6) is 0 Å². The molecule has 0 fully saturated rings. The average Bonchev–Trinajstić information content (AvgIpc) is 2.40. The van der Waals surface area contributed by atoms with Crippen LogP contribution in [0.2, 0.25) is 0 Å². The van der Waals surface area contributed by atoms with Crippen molar-refractivity contribution in [2.75, 3.05) is 24.3 Å². The SMILES string of the molecule is CSCCCCCCNS(=O)(=O)c1cccc(F)c1N. The van der Waals surface area contributed by atoms with Crippen molar-refractivity contribution in [2.24, 2.45) is 0 Å². The number of thioether (sulfide) groups is 1. The van der Waals surface area contributed by atoms with E-state index in [4.69, 9.17) is 5.73 Å². The number of rotatable bonds is 9. The summed E-state index contributed by atoms with van der Waals surface area (Å²) in [5, 5.41) is 0. The van der Waals surface area contributed by atoms with E-state index in [1.54, 1.807) is 0 Å². The molecule has 114 valence electrons. The molecule has 4 nitrogen and oxygen atoms in total. The Balaban J connectivity index is 2.44. The van der Waals surface area contributed by atoms with E-state index in [-0.39, 0.29) is 10.6 Å². The van der Waals surface area contributed by atoms with Crippen molar-refractivity contribution in [1.29, 1.82) is 0 Å². The molecular formula is C13H21FN2O2S2. The first-order valence-electron chi connectivity index (χ1n) is 6.51. The van der Waals surface area contributed by atoms with Crippen molar-refractivity contribution < 1.29 is 12.8 Å². The van der Waals surface area contributed by atoms with E-state index in [0.717, 1.165) is 37.5 Å². The molecule has 1 aromatic rings. The Bertz CT molecular complexity index is 521. The van der Waals surface area contributed by atoms with Crippen molar-refractivity contribution in [3.05, 3.63) is 24.0 Å². The summed E-state index contributed by atoms with van der Waals surface area (Å²) in [6.45, 7) is 0.345. The number of nitrogens with two attached hydrogens (primary N) is 1. The summed E-state index contributed by atoms with van der Waals surface area (Å²) in [6, 6.07) is 3.78. The van der Waals surface area contributed by atoms with Crippen molar-refractivity contribution in [1.82, 2.24) is 4.72 Å². The molecule has 0 bridgehead atoms. The summed E-state index contributed by atoms with van der Waals surface area (Å²) in [5.41, 5.74) is 5.12. The lowest BCUT2D eigenvalue weighted by atomic mass is 10.2. The van der Waals surface area contributed by atoms with Gasteiger partial charge in [-0.3, -0.25) is 0 Å². The Morgan fingerprint density at radius 2 is 1.95 bits per heavy atom. The molecule has 0 unspecified atom stereocenters. The molecule has 0 radical (unpaired) electrons. The minimum absolute atomic E-state index is 0.195. The summed E-state index contributed by atoms with van der Waals surface area (Å²) >= 11 is 1.81. The summed E-state index contributed by atoms with van der Waals surface area (Å²) in [4.78, 5) is -0.195. The smallest absolute Gasteiger partial charge is 0.242 e. The number of benzene rings is 1. The molecule has 0 atom stereocenters. The molecule has 3 N–H and O–H groups in total. The largest absolute Gasteiger partial charge is 0.395 e. The Morgan fingerprint density at radius 3 is 2.65 bits per heavy atom. The number of para-hydroxylation sites is 1. The average molecular weight is 320 g/mol. The topological polar surface area (TPSA) is 72.2 Å². The Kier molecular flexibility index (Phi) is 7.32. The van der Waals surface area contributed by atoms with Gasteiger partial charge < -0.3 is 5.73 Å². The second kappa shape index (κ2) is 8.49. The third-order valence-corrected chi connectivity index (χ3v) is 5.09. The fourth-order valence-electron chi connectivity index (χ4n) is 1.76. The number of anilines is 1. The monoisotopic (exact) mass is 320 g/mol. The number of nitrogen functional groups attached to an aromatic ring is 1. The molecule has 0 heterocycles. The highest BCUT2D eigenvalue weighted by atomic mass is 32.2. The Hall–Kier alpha value is -0.790. The fraction of sp³-hybridized carbons (Fsp3) is 0.538. The van der Waals surface area contributed by atoms with Crippen LogP contribution in [-0.2, 0) is 10.0 Å². The highest BCUT2D eigenvalue weighted by Gasteiger charge is 2.18. The van der Waals surface area contributed by atoms with E-state index in [2.05, 4.69) is 11.0 Å². The van der Waals surface area contributed by atoms with Crippen LogP contribution in [0.1, 0.15) is 25.7 Å². The first kappa shape index (κ1) is 17.3. The lowest BCUT2D eigenvalue weighted by Gasteiger charge is -2.09. The maximum absolute atomic E-state index is 13.3. The normalized spacial score (nSPS) is 11.7. The third kappa shape index (κ3) is 5.30. The Labute approximate surface area is 124 Å². The molecule has 0 aliphatic carbocycles. The van der Waals surface area contributed by atoms with Gasteiger partial charge in [0.25, 0.3) is 0 Å². The van der Waals surface area contributed by atoms with Gasteiger partial charge in [-0.25, -0.2) is 17.5 Å². The molecule has 7 heteroatoms. The molecule has 0 aliphatic rings. The first-order valence-corrected chi connectivity index (χ1v) is 9.39. The van der Waals surface area contributed by atoms with Gasteiger partial charge in [-0.1, -0.05) is 18.9 Å². The summed E-state index contributed by atoms with van der Waals surface area (Å²) in [5.74, 6) is 0.413. The van der Waals surface area contributed by atoms with Crippen molar-refractivity contribution >= 4 is 27.5 Å². The zero-order valence-electron chi connectivity index (χ0n) is 11.6. The minimum Gasteiger partial charge on any atom is -0.395 e. The van der Waals surface area contributed by atoms with Crippen LogP contribution >= 0.6 is 11.8 Å². The molecular weight excluding hydrogens is 299 g/mol. The third-order valence-electron chi connectivity index (χ3n) is 2.87. The number of nitrogens with one attached hydrogen (secondary N) is 1. The lowest BCUT2D eigenvalue weighted by Crippen LogP contribution is -2.25. The van der Waals surface area contributed by atoms with E-state index in [1.165, 1.54) is 12.1 Å². The van der Waals surface area contributed by atoms with E-state index in [9.17, 15) is 12.8 Å². The van der Waals surface area contributed by atoms with Gasteiger partial charge >= 0.3 is 0 Å². The van der Waals surface area contributed by atoms with Crippen LogP contribution < -0.4 is 10.5 Å². The standard InChI is InChI=1S/C13H21FN2O2S2/c1-19-10-5-3-2-4-9-16-20(17,18)12-8-6-7-11(14)13(12)15/h6-8,16H,2-5,9-10,15H2,1H3. The van der Waals surface area contributed by atoms with Crippen molar-refractivity contribution in [3.8, 4) is 0 Å². The summed E-state index contributed by atoms with van der Waals surface area (Å²) < 4.78 is 39.7. The number of sulfonamides is 1. The predicted molar refractivity (Wildman–Crippen MR) is 82.9 cm³/mol. The first-order chi connectivity index (χ1) is 9.49. The molecule has 0 saturated heterocycles. The second-order valence-corrected chi connectivity index (χ2v) is 7.18. The molecule has 1 aromatic carbocycles. The van der Waals surface area contributed by atoms with Gasteiger partial charge in [0.2, 0.25) is 10.0 Å². The maximum Gasteiger partial charge on any atom is 0.242 e. The van der Waals surface area contributed by atoms with Crippen LogP contribution in [0.25, 0.3) is 0 Å². The van der Waals surface area contributed by atoms with E-state index < -0.39 is 15.8 Å². The van der Waals surface area contributed by atoms with Gasteiger partial charge in [0.15, 0.2) is 0 Å². The van der Waals surface area contributed by atoms with Crippen LogP contribution in [-0.4, -0.2) is 27.0 Å². The van der Waals surface area contributed by atoms with Gasteiger partial charge in [0, 0.05) is 6.54 Å². The minimum atomic E-state index is -3.73. The van der Waals surface area contributed by atoms with Crippen molar-refractivity contribution in [2.45, 2.75) is 30.6 Å². The van der Waals surface area contributed by atoms with Gasteiger partial charge in [-0.15, -0.1) is 0 Å². The highest BCUT2D eigenvalue weighted by molar-refractivity contribution is 7.98. The number of hydrogen-bond donors (Lipinski definition) is 2. The van der Waals surface area contributed by atoms with Crippen LogP contribution in [0.15, 0.2) is 23.1 Å². The molecule has 0 aromatic heterocycles. The van der Waals surface area contributed by atoms with Crippen LogP contribution in [0.3, 0.4) is 0 Å². The molecule has 1 rings (SSSR count). The van der Waals surface area contributed by atoms with Crippen molar-refractivity contribution in [3.63, 3.8) is 0 Å². The summed E-state index contributed by atoms with van der Waals surface area (Å²) in [7, 11) is -3.73. The quantitative estimate of drug-likeness (QED) is 0.542. The zero-order valence-corrected chi connectivity index (χ0v) is 13.2. The van der Waals surface area contributed by atoms with Gasteiger partial charge in [0.05, 0.1) is 5.69 Å².